The minimum Gasteiger partial charge on any atom is -0.465 e. The molecule has 0 heterocycles. The van der Waals surface area contributed by atoms with Gasteiger partial charge in [-0.2, -0.15) is 0 Å². The molecule has 0 aliphatic carbocycles. The molecule has 2 rings (SSSR count). The molecule has 0 aliphatic rings. The first-order valence-electron chi connectivity index (χ1n) is 9.78. The minimum absolute atomic E-state index is 0.337. The van der Waals surface area contributed by atoms with Gasteiger partial charge in [-0.25, -0.2) is 4.79 Å². The Labute approximate surface area is 168 Å². The minimum atomic E-state index is -1.02. The van der Waals surface area contributed by atoms with E-state index in [9.17, 15) is 15.0 Å². The normalized spacial score (nSPS) is 13.7. The molecule has 1 amide bonds. The van der Waals surface area contributed by atoms with E-state index in [1.807, 2.05) is 69.3 Å². The molecule has 5 heteroatoms. The number of aliphatic hydroxyl groups excluding tert-OH is 1. The average molecular weight is 385 g/mol. The van der Waals surface area contributed by atoms with Gasteiger partial charge in [-0.1, -0.05) is 60.7 Å². The standard InChI is InChI=1S/C23H32N2O3/c1-23(2,3)25(22(27)28)20(16-19-12-8-5-9-13-19)21(26)17-24-15-14-18-10-6-4-7-11-18/h4-13,20-21,24,26H,14-17H2,1-3H3,(H,27,28)/t20-,21+/m0/s1. The summed E-state index contributed by atoms with van der Waals surface area (Å²) in [5, 5.41) is 24.0. The van der Waals surface area contributed by atoms with E-state index in [0.29, 0.717) is 13.0 Å². The van der Waals surface area contributed by atoms with Crippen LogP contribution in [-0.4, -0.2) is 52.0 Å². The van der Waals surface area contributed by atoms with Gasteiger partial charge in [0.2, 0.25) is 0 Å². The van der Waals surface area contributed by atoms with Crippen LogP contribution >= 0.6 is 0 Å². The summed E-state index contributed by atoms with van der Waals surface area (Å²) >= 11 is 0. The van der Waals surface area contributed by atoms with Crippen LogP contribution in [0.15, 0.2) is 60.7 Å². The lowest BCUT2D eigenvalue weighted by Crippen LogP contribution is -2.58. The van der Waals surface area contributed by atoms with E-state index in [2.05, 4.69) is 17.4 Å². The molecule has 0 bridgehead atoms. The zero-order valence-electron chi connectivity index (χ0n) is 17.0. The van der Waals surface area contributed by atoms with Crippen molar-refractivity contribution < 1.29 is 15.0 Å². The first kappa shape index (κ1) is 21.9. The average Bonchev–Trinajstić information content (AvgIpc) is 2.65. The second-order valence-electron chi connectivity index (χ2n) is 8.09. The van der Waals surface area contributed by atoms with E-state index < -0.39 is 23.8 Å². The monoisotopic (exact) mass is 384 g/mol. The van der Waals surface area contributed by atoms with Crippen LogP contribution in [0.3, 0.4) is 0 Å². The molecule has 0 unspecified atom stereocenters. The molecule has 5 nitrogen and oxygen atoms in total. The zero-order valence-corrected chi connectivity index (χ0v) is 17.0. The molecular weight excluding hydrogens is 352 g/mol. The van der Waals surface area contributed by atoms with Gasteiger partial charge in [0.05, 0.1) is 12.1 Å². The number of hydrogen-bond donors (Lipinski definition) is 3. The summed E-state index contributed by atoms with van der Waals surface area (Å²) in [7, 11) is 0. The Hall–Kier alpha value is -2.37. The number of nitrogens with one attached hydrogen (secondary N) is 1. The number of amides is 1. The van der Waals surface area contributed by atoms with Crippen LogP contribution < -0.4 is 5.32 Å². The van der Waals surface area contributed by atoms with Crippen LogP contribution in [0.4, 0.5) is 4.79 Å². The van der Waals surface area contributed by atoms with Gasteiger partial charge in [-0.05, 0) is 51.3 Å². The fourth-order valence-corrected chi connectivity index (χ4v) is 3.44. The number of nitrogens with zero attached hydrogens (tertiary/aromatic N) is 1. The van der Waals surface area contributed by atoms with Crippen LogP contribution in [0.1, 0.15) is 31.9 Å². The van der Waals surface area contributed by atoms with Crippen LogP contribution in [0.25, 0.3) is 0 Å². The van der Waals surface area contributed by atoms with E-state index in [1.54, 1.807) is 0 Å². The molecule has 3 N–H and O–H groups in total. The summed E-state index contributed by atoms with van der Waals surface area (Å²) in [5.41, 5.74) is 1.62. The number of carboxylic acid groups (broad SMARTS) is 1. The van der Waals surface area contributed by atoms with Crippen molar-refractivity contribution in [1.29, 1.82) is 0 Å². The summed E-state index contributed by atoms with van der Waals surface area (Å²) in [5.74, 6) is 0. The number of carbonyl (C=O) groups is 1. The second kappa shape index (κ2) is 10.2. The third-order valence-electron chi connectivity index (χ3n) is 4.78. The SMILES string of the molecule is CC(C)(C)N(C(=O)O)[C@@H](Cc1ccccc1)[C@H](O)CNCCc1ccccc1. The van der Waals surface area contributed by atoms with Crippen molar-refractivity contribution in [3.05, 3.63) is 71.8 Å². The van der Waals surface area contributed by atoms with E-state index in [4.69, 9.17) is 0 Å². The molecule has 28 heavy (non-hydrogen) atoms. The molecular formula is C23H32N2O3. The molecule has 2 atom stereocenters. The number of aliphatic hydroxyl groups is 1. The third-order valence-corrected chi connectivity index (χ3v) is 4.78. The smallest absolute Gasteiger partial charge is 0.408 e. The Morgan fingerprint density at radius 1 is 1.00 bits per heavy atom. The third kappa shape index (κ3) is 6.66. The van der Waals surface area contributed by atoms with E-state index in [0.717, 1.165) is 18.5 Å². The molecule has 0 aliphatic heterocycles. The Bertz CT molecular complexity index is 714. The van der Waals surface area contributed by atoms with E-state index in [1.165, 1.54) is 10.5 Å². The zero-order chi connectivity index (χ0) is 20.6. The van der Waals surface area contributed by atoms with Crippen LogP contribution in [0, 0.1) is 0 Å². The van der Waals surface area contributed by atoms with Crippen molar-refractivity contribution >= 4 is 6.09 Å². The molecule has 0 saturated carbocycles. The van der Waals surface area contributed by atoms with Crippen LogP contribution in [0.5, 0.6) is 0 Å². The first-order valence-corrected chi connectivity index (χ1v) is 9.78. The Morgan fingerprint density at radius 2 is 1.54 bits per heavy atom. The predicted molar refractivity (Wildman–Crippen MR) is 113 cm³/mol. The number of hydrogen-bond acceptors (Lipinski definition) is 3. The lowest BCUT2D eigenvalue weighted by Gasteiger charge is -2.42. The summed E-state index contributed by atoms with van der Waals surface area (Å²) in [6.45, 7) is 6.63. The molecule has 152 valence electrons. The summed E-state index contributed by atoms with van der Waals surface area (Å²) in [6.07, 6.45) is -0.506. The second-order valence-corrected chi connectivity index (χ2v) is 8.09. The van der Waals surface area contributed by atoms with Gasteiger partial charge < -0.3 is 15.5 Å². The van der Waals surface area contributed by atoms with Crippen molar-refractivity contribution in [3.8, 4) is 0 Å². The van der Waals surface area contributed by atoms with Crippen molar-refractivity contribution in [3.63, 3.8) is 0 Å². The van der Waals surface area contributed by atoms with Gasteiger partial charge in [0.1, 0.15) is 0 Å². The summed E-state index contributed by atoms with van der Waals surface area (Å²) in [6, 6.07) is 19.3. The lowest BCUT2D eigenvalue weighted by atomic mass is 9.94. The number of rotatable bonds is 9. The summed E-state index contributed by atoms with van der Waals surface area (Å²) in [4.78, 5) is 13.4. The summed E-state index contributed by atoms with van der Waals surface area (Å²) < 4.78 is 0. The number of benzene rings is 2. The van der Waals surface area contributed by atoms with Gasteiger partial charge in [0, 0.05) is 12.1 Å². The van der Waals surface area contributed by atoms with Gasteiger partial charge in [0.15, 0.2) is 0 Å². The van der Waals surface area contributed by atoms with Crippen molar-refractivity contribution in [2.45, 2.75) is 51.3 Å². The fraction of sp³-hybridized carbons (Fsp3) is 0.435. The highest BCUT2D eigenvalue weighted by molar-refractivity contribution is 5.66. The molecule has 0 radical (unpaired) electrons. The maximum atomic E-state index is 12.0. The predicted octanol–water partition coefficient (Wildman–Crippen LogP) is 3.57. The van der Waals surface area contributed by atoms with Gasteiger partial charge >= 0.3 is 6.09 Å². The molecule has 0 spiro atoms. The molecule has 2 aromatic carbocycles. The van der Waals surface area contributed by atoms with Crippen LogP contribution in [0.2, 0.25) is 0 Å². The Kier molecular flexibility index (Phi) is 8.03. The highest BCUT2D eigenvalue weighted by Gasteiger charge is 2.37. The quantitative estimate of drug-likeness (QED) is 0.578. The largest absolute Gasteiger partial charge is 0.465 e. The maximum absolute atomic E-state index is 12.0. The molecule has 0 aromatic heterocycles. The van der Waals surface area contributed by atoms with Crippen LogP contribution in [-0.2, 0) is 12.8 Å². The topological polar surface area (TPSA) is 72.8 Å². The maximum Gasteiger partial charge on any atom is 0.408 e. The van der Waals surface area contributed by atoms with Crippen molar-refractivity contribution in [2.24, 2.45) is 0 Å². The Balaban J connectivity index is 2.05. The lowest BCUT2D eigenvalue weighted by molar-refractivity contribution is 0.00792. The Morgan fingerprint density at radius 3 is 2.04 bits per heavy atom. The first-order chi connectivity index (χ1) is 13.3. The molecule has 0 fully saturated rings. The van der Waals surface area contributed by atoms with Gasteiger partial charge in [-0.3, -0.25) is 4.90 Å². The molecule has 2 aromatic rings. The van der Waals surface area contributed by atoms with Gasteiger partial charge in [0.25, 0.3) is 0 Å². The highest BCUT2D eigenvalue weighted by Crippen LogP contribution is 2.22. The van der Waals surface area contributed by atoms with E-state index >= 15 is 0 Å². The fourth-order valence-electron chi connectivity index (χ4n) is 3.44. The molecule has 0 saturated heterocycles. The van der Waals surface area contributed by atoms with Crippen molar-refractivity contribution in [1.82, 2.24) is 10.2 Å². The van der Waals surface area contributed by atoms with Crippen molar-refractivity contribution in [2.75, 3.05) is 13.1 Å². The van der Waals surface area contributed by atoms with Gasteiger partial charge in [-0.15, -0.1) is 0 Å². The van der Waals surface area contributed by atoms with E-state index in [-0.39, 0.29) is 0 Å². The highest BCUT2D eigenvalue weighted by atomic mass is 16.4.